The average molecular weight is 313 g/mol. The van der Waals surface area contributed by atoms with Gasteiger partial charge in [0.25, 0.3) is 0 Å². The Morgan fingerprint density at radius 2 is 2.00 bits per heavy atom. The molecule has 0 saturated heterocycles. The lowest BCUT2D eigenvalue weighted by Crippen LogP contribution is -2.14. The number of thiazole rings is 1. The smallest absolute Gasteiger partial charge is 0.0973 e. The first kappa shape index (κ1) is 13.4. The lowest BCUT2D eigenvalue weighted by Gasteiger charge is -2.04. The summed E-state index contributed by atoms with van der Waals surface area (Å²) in [6.45, 7) is 0.915. The van der Waals surface area contributed by atoms with E-state index < -0.39 is 0 Å². The molecule has 1 heterocycles. The Labute approximate surface area is 126 Å². The third-order valence-electron chi connectivity index (χ3n) is 3.13. The topological polar surface area (TPSA) is 24.9 Å². The van der Waals surface area contributed by atoms with Crippen molar-refractivity contribution in [2.24, 2.45) is 0 Å². The highest BCUT2D eigenvalue weighted by molar-refractivity contribution is 7.11. The minimum absolute atomic E-state index is 0.701. The molecule has 1 aromatic carbocycles. The first-order valence-electron chi connectivity index (χ1n) is 6.32. The van der Waals surface area contributed by atoms with Gasteiger partial charge in [0.1, 0.15) is 0 Å². The molecular weight excluding hydrogens is 299 g/mol. The fourth-order valence-electron chi connectivity index (χ4n) is 1.90. The monoisotopic (exact) mass is 312 g/mol. The van der Waals surface area contributed by atoms with Crippen molar-refractivity contribution in [1.82, 2.24) is 10.3 Å². The van der Waals surface area contributed by atoms with Gasteiger partial charge >= 0.3 is 0 Å². The Kier molecular flexibility index (Phi) is 4.08. The average Bonchev–Trinajstić information content (AvgIpc) is 3.11. The zero-order valence-electron chi connectivity index (χ0n) is 10.3. The minimum atomic E-state index is 0.701. The molecule has 0 spiro atoms. The van der Waals surface area contributed by atoms with Crippen LogP contribution in [-0.2, 0) is 13.0 Å². The van der Waals surface area contributed by atoms with Gasteiger partial charge in [0.15, 0.2) is 0 Å². The Morgan fingerprint density at radius 3 is 2.68 bits per heavy atom. The summed E-state index contributed by atoms with van der Waals surface area (Å²) in [5, 5.41) is 5.97. The molecule has 0 unspecified atom stereocenters. The van der Waals surface area contributed by atoms with Crippen molar-refractivity contribution in [3.05, 3.63) is 49.9 Å². The first-order chi connectivity index (χ1) is 9.22. The molecule has 2 nitrogen and oxygen atoms in total. The summed E-state index contributed by atoms with van der Waals surface area (Å²) in [5.74, 6) is 0. The van der Waals surface area contributed by atoms with E-state index in [1.165, 1.54) is 17.7 Å². The van der Waals surface area contributed by atoms with Crippen LogP contribution in [-0.4, -0.2) is 11.0 Å². The zero-order valence-corrected chi connectivity index (χ0v) is 12.7. The highest BCUT2D eigenvalue weighted by Crippen LogP contribution is 2.28. The van der Waals surface area contributed by atoms with Crippen molar-refractivity contribution in [3.8, 4) is 0 Å². The summed E-state index contributed by atoms with van der Waals surface area (Å²) in [6.07, 6.45) is 5.26. The van der Waals surface area contributed by atoms with Gasteiger partial charge < -0.3 is 5.32 Å². The van der Waals surface area contributed by atoms with E-state index in [0.29, 0.717) is 16.5 Å². The molecule has 1 fully saturated rings. The highest BCUT2D eigenvalue weighted by Gasteiger charge is 2.20. The van der Waals surface area contributed by atoms with Crippen LogP contribution < -0.4 is 5.32 Å². The van der Waals surface area contributed by atoms with Crippen LogP contribution in [0, 0.1) is 0 Å². The summed E-state index contributed by atoms with van der Waals surface area (Å²) in [5.41, 5.74) is 0.960. The van der Waals surface area contributed by atoms with Crippen LogP contribution in [0.25, 0.3) is 0 Å². The second-order valence-electron chi connectivity index (χ2n) is 4.75. The standard InChI is InChI=1S/C14H14Cl2N2S/c15-12-2-1-3-13(16)11(12)6-14-18-8-10(19-14)7-17-9-4-5-9/h1-3,8-9,17H,4-7H2. The fourth-order valence-corrected chi connectivity index (χ4v) is 3.31. The van der Waals surface area contributed by atoms with Gasteiger partial charge in [0.2, 0.25) is 0 Å². The second kappa shape index (κ2) is 5.80. The van der Waals surface area contributed by atoms with Crippen molar-refractivity contribution in [2.75, 3.05) is 0 Å². The van der Waals surface area contributed by atoms with E-state index in [1.54, 1.807) is 11.3 Å². The zero-order chi connectivity index (χ0) is 13.2. The molecule has 0 radical (unpaired) electrons. The van der Waals surface area contributed by atoms with Gasteiger partial charge in [0.05, 0.1) is 5.01 Å². The van der Waals surface area contributed by atoms with Crippen molar-refractivity contribution < 1.29 is 0 Å². The van der Waals surface area contributed by atoms with Gasteiger partial charge in [-0.25, -0.2) is 4.98 Å². The fraction of sp³-hybridized carbons (Fsp3) is 0.357. The quantitative estimate of drug-likeness (QED) is 0.890. The van der Waals surface area contributed by atoms with E-state index in [0.717, 1.165) is 23.2 Å². The van der Waals surface area contributed by atoms with Crippen molar-refractivity contribution in [2.45, 2.75) is 31.8 Å². The predicted octanol–water partition coefficient (Wildman–Crippen LogP) is 4.29. The molecule has 1 aromatic heterocycles. The lowest BCUT2D eigenvalue weighted by molar-refractivity contribution is 0.694. The lowest BCUT2D eigenvalue weighted by atomic mass is 10.1. The van der Waals surface area contributed by atoms with Crippen LogP contribution in [0.5, 0.6) is 0 Å². The molecule has 0 amide bonds. The summed E-state index contributed by atoms with van der Waals surface area (Å²) in [7, 11) is 0. The van der Waals surface area contributed by atoms with Crippen LogP contribution in [0.4, 0.5) is 0 Å². The number of nitrogens with one attached hydrogen (secondary N) is 1. The van der Waals surface area contributed by atoms with E-state index >= 15 is 0 Å². The van der Waals surface area contributed by atoms with Crippen molar-refractivity contribution in [1.29, 1.82) is 0 Å². The van der Waals surface area contributed by atoms with E-state index in [-0.39, 0.29) is 0 Å². The van der Waals surface area contributed by atoms with E-state index in [4.69, 9.17) is 23.2 Å². The molecule has 0 bridgehead atoms. The third-order valence-corrected chi connectivity index (χ3v) is 4.84. The molecule has 5 heteroatoms. The van der Waals surface area contributed by atoms with Gasteiger partial charge in [-0.1, -0.05) is 29.3 Å². The van der Waals surface area contributed by atoms with Gasteiger partial charge in [-0.05, 0) is 30.5 Å². The number of aromatic nitrogens is 1. The second-order valence-corrected chi connectivity index (χ2v) is 6.77. The molecule has 0 atom stereocenters. The molecule has 0 aliphatic heterocycles. The Balaban J connectivity index is 1.68. The van der Waals surface area contributed by atoms with Crippen LogP contribution in [0.3, 0.4) is 0 Å². The molecule has 1 aliphatic carbocycles. The van der Waals surface area contributed by atoms with Crippen LogP contribution in [0.15, 0.2) is 24.4 Å². The Morgan fingerprint density at radius 1 is 1.26 bits per heavy atom. The number of rotatable bonds is 5. The maximum Gasteiger partial charge on any atom is 0.0973 e. The molecule has 1 aliphatic rings. The molecule has 100 valence electrons. The molecule has 1 saturated carbocycles. The molecule has 3 rings (SSSR count). The number of nitrogens with zero attached hydrogens (tertiary/aromatic N) is 1. The summed E-state index contributed by atoms with van der Waals surface area (Å²) < 4.78 is 0. The normalized spacial score (nSPS) is 14.8. The Hall–Kier alpha value is -0.610. The predicted molar refractivity (Wildman–Crippen MR) is 81.2 cm³/mol. The van der Waals surface area contributed by atoms with Gasteiger partial charge in [-0.2, -0.15) is 0 Å². The number of benzene rings is 1. The largest absolute Gasteiger partial charge is 0.309 e. The van der Waals surface area contributed by atoms with Gasteiger partial charge in [-0.15, -0.1) is 11.3 Å². The highest BCUT2D eigenvalue weighted by atomic mass is 35.5. The number of hydrogen-bond acceptors (Lipinski definition) is 3. The molecule has 2 aromatic rings. The Bertz CT molecular complexity index is 558. The summed E-state index contributed by atoms with van der Waals surface area (Å²) in [6, 6.07) is 6.32. The third kappa shape index (κ3) is 3.48. The first-order valence-corrected chi connectivity index (χ1v) is 7.89. The van der Waals surface area contributed by atoms with E-state index in [1.807, 2.05) is 24.4 Å². The van der Waals surface area contributed by atoms with Crippen LogP contribution in [0.2, 0.25) is 10.0 Å². The molecular formula is C14H14Cl2N2S. The van der Waals surface area contributed by atoms with Crippen LogP contribution >= 0.6 is 34.5 Å². The van der Waals surface area contributed by atoms with Gasteiger partial charge in [-0.3, -0.25) is 0 Å². The van der Waals surface area contributed by atoms with E-state index in [2.05, 4.69) is 10.3 Å². The van der Waals surface area contributed by atoms with E-state index in [9.17, 15) is 0 Å². The molecule has 19 heavy (non-hydrogen) atoms. The van der Waals surface area contributed by atoms with Crippen molar-refractivity contribution in [3.63, 3.8) is 0 Å². The maximum atomic E-state index is 6.18. The summed E-state index contributed by atoms with van der Waals surface area (Å²) >= 11 is 14.1. The molecule has 1 N–H and O–H groups in total. The van der Waals surface area contributed by atoms with Gasteiger partial charge in [0, 0.05) is 40.1 Å². The maximum absolute atomic E-state index is 6.18. The van der Waals surface area contributed by atoms with Crippen molar-refractivity contribution >= 4 is 34.5 Å². The summed E-state index contributed by atoms with van der Waals surface area (Å²) in [4.78, 5) is 5.72. The number of hydrogen-bond donors (Lipinski definition) is 1. The minimum Gasteiger partial charge on any atom is -0.309 e. The SMILES string of the molecule is Clc1cccc(Cl)c1Cc1ncc(CNC2CC2)s1. The van der Waals surface area contributed by atoms with Crippen LogP contribution in [0.1, 0.15) is 28.3 Å². The number of halogens is 2.